The Morgan fingerprint density at radius 3 is 2.46 bits per heavy atom. The van der Waals surface area contributed by atoms with Crippen LogP contribution in [0.2, 0.25) is 15.1 Å². The van der Waals surface area contributed by atoms with Gasteiger partial charge >= 0.3 is 0 Å². The number of halogens is 3. The van der Waals surface area contributed by atoms with Crippen molar-refractivity contribution in [3.05, 3.63) is 62.1 Å². The Bertz CT molecular complexity index is 981. The second-order valence-electron chi connectivity index (χ2n) is 7.40. The molecule has 146 valence electrons. The SMILES string of the molecule is Cc1cc2c(cc1Cl)C(=O)CC1(CCN(C(=O)c3ccc(Cl)cc3Cl)CC1)O2. The van der Waals surface area contributed by atoms with Gasteiger partial charge in [0.2, 0.25) is 0 Å². The molecule has 0 unspecified atom stereocenters. The number of fused-ring (bicyclic) bond motifs is 1. The standard InChI is InChI=1S/C21H18Cl3NO3/c1-12-8-19-15(10-16(12)23)18(26)11-21(28-19)4-6-25(7-5-21)20(27)14-3-2-13(22)9-17(14)24/h2-3,8-10H,4-7,11H2,1H3. The molecule has 0 N–H and O–H groups in total. The van der Waals surface area contributed by atoms with Crippen molar-refractivity contribution in [2.24, 2.45) is 0 Å². The van der Waals surface area contributed by atoms with E-state index in [0.29, 0.717) is 64.3 Å². The van der Waals surface area contributed by atoms with E-state index in [2.05, 4.69) is 0 Å². The number of hydrogen-bond donors (Lipinski definition) is 0. The first kappa shape index (κ1) is 19.6. The van der Waals surface area contributed by atoms with Gasteiger partial charge in [-0.15, -0.1) is 0 Å². The Kier molecular flexibility index (Phi) is 5.07. The van der Waals surface area contributed by atoms with Crippen molar-refractivity contribution in [2.45, 2.75) is 31.8 Å². The van der Waals surface area contributed by atoms with Gasteiger partial charge in [0, 0.05) is 36.0 Å². The smallest absolute Gasteiger partial charge is 0.255 e. The number of amides is 1. The molecule has 7 heteroatoms. The number of ketones is 1. The third-order valence-corrected chi connectivity index (χ3v) is 6.45. The zero-order chi connectivity index (χ0) is 20.1. The van der Waals surface area contributed by atoms with Crippen LogP contribution in [-0.4, -0.2) is 35.3 Å². The quantitative estimate of drug-likeness (QED) is 0.582. The van der Waals surface area contributed by atoms with E-state index in [4.69, 9.17) is 39.5 Å². The van der Waals surface area contributed by atoms with E-state index in [9.17, 15) is 9.59 Å². The molecule has 1 fully saturated rings. The number of carbonyl (C=O) groups excluding carboxylic acids is 2. The molecule has 2 aromatic carbocycles. The molecular formula is C21H18Cl3NO3. The Balaban J connectivity index is 1.51. The summed E-state index contributed by atoms with van der Waals surface area (Å²) >= 11 is 18.2. The number of likely N-dealkylation sites (tertiary alicyclic amines) is 1. The summed E-state index contributed by atoms with van der Waals surface area (Å²) < 4.78 is 6.28. The van der Waals surface area contributed by atoms with E-state index in [1.165, 1.54) is 0 Å². The van der Waals surface area contributed by atoms with Gasteiger partial charge in [-0.3, -0.25) is 9.59 Å². The van der Waals surface area contributed by atoms with Gasteiger partial charge in [0.15, 0.2) is 5.78 Å². The Labute approximate surface area is 178 Å². The highest BCUT2D eigenvalue weighted by Gasteiger charge is 2.44. The first-order chi connectivity index (χ1) is 13.3. The van der Waals surface area contributed by atoms with Crippen LogP contribution >= 0.6 is 34.8 Å². The summed E-state index contributed by atoms with van der Waals surface area (Å²) in [5, 5.41) is 1.39. The van der Waals surface area contributed by atoms with E-state index in [1.807, 2.05) is 13.0 Å². The average molecular weight is 439 g/mol. The zero-order valence-electron chi connectivity index (χ0n) is 15.2. The summed E-state index contributed by atoms with van der Waals surface area (Å²) in [6, 6.07) is 8.36. The molecule has 0 aliphatic carbocycles. The highest BCUT2D eigenvalue weighted by atomic mass is 35.5. The van der Waals surface area contributed by atoms with Crippen molar-refractivity contribution in [3.63, 3.8) is 0 Å². The maximum Gasteiger partial charge on any atom is 0.255 e. The number of ether oxygens (including phenoxy) is 1. The van der Waals surface area contributed by atoms with Gasteiger partial charge in [0.1, 0.15) is 11.4 Å². The highest BCUT2D eigenvalue weighted by Crippen LogP contribution is 2.41. The first-order valence-corrected chi connectivity index (χ1v) is 10.2. The molecule has 0 atom stereocenters. The summed E-state index contributed by atoms with van der Waals surface area (Å²) in [4.78, 5) is 27.3. The van der Waals surface area contributed by atoms with Gasteiger partial charge < -0.3 is 9.64 Å². The summed E-state index contributed by atoms with van der Waals surface area (Å²) in [7, 11) is 0. The van der Waals surface area contributed by atoms with Gasteiger partial charge in [-0.25, -0.2) is 0 Å². The van der Waals surface area contributed by atoms with E-state index in [-0.39, 0.29) is 11.7 Å². The largest absolute Gasteiger partial charge is 0.486 e. The van der Waals surface area contributed by atoms with Crippen molar-refractivity contribution in [1.82, 2.24) is 4.90 Å². The average Bonchev–Trinajstić information content (AvgIpc) is 2.64. The molecule has 0 aromatic heterocycles. The van der Waals surface area contributed by atoms with Crippen LogP contribution < -0.4 is 4.74 Å². The topological polar surface area (TPSA) is 46.6 Å². The summed E-state index contributed by atoms with van der Waals surface area (Å²) in [5.74, 6) is 0.476. The minimum atomic E-state index is -0.578. The predicted octanol–water partition coefficient (Wildman–Crippen LogP) is 5.60. The first-order valence-electron chi connectivity index (χ1n) is 9.05. The van der Waals surface area contributed by atoms with Gasteiger partial charge in [0.05, 0.1) is 22.6 Å². The fraction of sp³-hybridized carbons (Fsp3) is 0.333. The lowest BCUT2D eigenvalue weighted by Crippen LogP contribution is -2.52. The molecule has 0 radical (unpaired) electrons. The monoisotopic (exact) mass is 437 g/mol. The molecule has 1 spiro atoms. The normalized spacial score (nSPS) is 18.0. The lowest BCUT2D eigenvalue weighted by molar-refractivity contribution is -0.00572. The van der Waals surface area contributed by atoms with E-state index < -0.39 is 5.60 Å². The van der Waals surface area contributed by atoms with Crippen molar-refractivity contribution in [2.75, 3.05) is 13.1 Å². The Morgan fingerprint density at radius 1 is 1.07 bits per heavy atom. The minimum Gasteiger partial charge on any atom is -0.486 e. The van der Waals surface area contributed by atoms with Crippen LogP contribution in [0.1, 0.15) is 45.5 Å². The lowest BCUT2D eigenvalue weighted by Gasteiger charge is -2.44. The number of Topliss-reactive ketones (excluding diaryl/α,β-unsaturated/α-hetero) is 1. The zero-order valence-corrected chi connectivity index (χ0v) is 17.5. The molecule has 2 aliphatic rings. The van der Waals surface area contributed by atoms with Crippen LogP contribution in [0.25, 0.3) is 0 Å². The van der Waals surface area contributed by atoms with E-state index in [0.717, 1.165) is 5.56 Å². The maximum atomic E-state index is 12.8. The second-order valence-corrected chi connectivity index (χ2v) is 8.65. The highest BCUT2D eigenvalue weighted by molar-refractivity contribution is 6.36. The maximum absolute atomic E-state index is 12.8. The Hall–Kier alpha value is -1.75. The number of carbonyl (C=O) groups is 2. The molecule has 2 aliphatic heterocycles. The van der Waals surface area contributed by atoms with Gasteiger partial charge in [-0.05, 0) is 42.8 Å². The number of piperidine rings is 1. The molecule has 2 heterocycles. The molecule has 4 rings (SSSR count). The van der Waals surface area contributed by atoms with Gasteiger partial charge in [0.25, 0.3) is 5.91 Å². The van der Waals surface area contributed by atoms with Crippen LogP contribution in [0.4, 0.5) is 0 Å². The fourth-order valence-corrected chi connectivity index (χ4v) is 4.50. The minimum absolute atomic E-state index is 0.0312. The molecule has 2 aromatic rings. The predicted molar refractivity (Wildman–Crippen MR) is 110 cm³/mol. The molecule has 0 saturated carbocycles. The van der Waals surface area contributed by atoms with Crippen LogP contribution in [0.15, 0.2) is 30.3 Å². The van der Waals surface area contributed by atoms with Gasteiger partial charge in [-0.1, -0.05) is 34.8 Å². The van der Waals surface area contributed by atoms with E-state index >= 15 is 0 Å². The third-order valence-electron chi connectivity index (χ3n) is 5.49. The van der Waals surface area contributed by atoms with E-state index in [1.54, 1.807) is 29.2 Å². The van der Waals surface area contributed by atoms with Crippen LogP contribution in [-0.2, 0) is 0 Å². The van der Waals surface area contributed by atoms with Crippen LogP contribution in [0.5, 0.6) is 5.75 Å². The van der Waals surface area contributed by atoms with Crippen LogP contribution in [0.3, 0.4) is 0 Å². The number of nitrogens with zero attached hydrogens (tertiary/aromatic N) is 1. The molecule has 1 amide bonds. The van der Waals surface area contributed by atoms with Crippen LogP contribution in [0, 0.1) is 6.92 Å². The summed E-state index contributed by atoms with van der Waals surface area (Å²) in [5.41, 5.74) is 1.26. The van der Waals surface area contributed by atoms with Crippen molar-refractivity contribution < 1.29 is 14.3 Å². The molecular weight excluding hydrogens is 421 g/mol. The fourth-order valence-electron chi connectivity index (χ4n) is 3.84. The Morgan fingerprint density at radius 2 is 1.79 bits per heavy atom. The molecule has 0 bridgehead atoms. The number of hydrogen-bond acceptors (Lipinski definition) is 3. The third kappa shape index (κ3) is 3.49. The van der Waals surface area contributed by atoms with Crippen molar-refractivity contribution >= 4 is 46.5 Å². The van der Waals surface area contributed by atoms with Crippen molar-refractivity contribution in [1.29, 1.82) is 0 Å². The lowest BCUT2D eigenvalue weighted by atomic mass is 9.82. The van der Waals surface area contributed by atoms with Gasteiger partial charge in [-0.2, -0.15) is 0 Å². The molecule has 28 heavy (non-hydrogen) atoms. The molecule has 4 nitrogen and oxygen atoms in total. The molecule has 1 saturated heterocycles. The number of aryl methyl sites for hydroxylation is 1. The number of rotatable bonds is 1. The summed E-state index contributed by atoms with van der Waals surface area (Å²) in [6.45, 7) is 2.87. The second kappa shape index (κ2) is 7.25. The number of benzene rings is 2. The van der Waals surface area contributed by atoms with Crippen molar-refractivity contribution in [3.8, 4) is 5.75 Å². The summed E-state index contributed by atoms with van der Waals surface area (Å²) in [6.07, 6.45) is 1.46.